The minimum Gasteiger partial charge on any atom is -0.362 e. The molecule has 3 heterocycles. The van der Waals surface area contributed by atoms with Gasteiger partial charge in [0.25, 0.3) is 5.91 Å². The minimum atomic E-state index is -0.425. The zero-order valence-electron chi connectivity index (χ0n) is 17.6. The number of nitrogens with one attached hydrogen (secondary N) is 3. The van der Waals surface area contributed by atoms with Gasteiger partial charge in [-0.1, -0.05) is 24.3 Å². The minimum absolute atomic E-state index is 0.107. The van der Waals surface area contributed by atoms with Crippen molar-refractivity contribution in [1.82, 2.24) is 15.3 Å². The van der Waals surface area contributed by atoms with Crippen molar-refractivity contribution < 1.29 is 9.59 Å². The second kappa shape index (κ2) is 7.54. The van der Waals surface area contributed by atoms with Gasteiger partial charge in [-0.15, -0.1) is 0 Å². The highest BCUT2D eigenvalue weighted by molar-refractivity contribution is 6.10. The molecule has 3 aromatic rings. The van der Waals surface area contributed by atoms with Crippen LogP contribution in [0.25, 0.3) is 10.9 Å². The number of ketones is 1. The molecule has 0 saturated carbocycles. The van der Waals surface area contributed by atoms with Gasteiger partial charge < -0.3 is 15.6 Å². The first-order valence-corrected chi connectivity index (χ1v) is 10.6. The van der Waals surface area contributed by atoms with Crippen LogP contribution in [0.2, 0.25) is 0 Å². The quantitative estimate of drug-likeness (QED) is 0.592. The van der Waals surface area contributed by atoms with E-state index in [-0.39, 0.29) is 11.7 Å². The van der Waals surface area contributed by atoms with E-state index in [0.717, 1.165) is 46.3 Å². The fraction of sp³-hybridized carbons (Fsp3) is 0.240. The van der Waals surface area contributed by atoms with E-state index in [1.165, 1.54) is 0 Å². The third-order valence-corrected chi connectivity index (χ3v) is 6.11. The van der Waals surface area contributed by atoms with Crippen molar-refractivity contribution in [2.24, 2.45) is 0 Å². The van der Waals surface area contributed by atoms with Crippen LogP contribution in [0.3, 0.4) is 0 Å². The summed E-state index contributed by atoms with van der Waals surface area (Å²) in [6, 6.07) is 11.7. The zero-order valence-corrected chi connectivity index (χ0v) is 17.6. The molecule has 156 valence electrons. The molecule has 2 aliphatic rings. The number of pyridine rings is 1. The van der Waals surface area contributed by atoms with Gasteiger partial charge >= 0.3 is 0 Å². The number of Topliss-reactive ketones (excluding diaryl/α,β-unsaturated/α-hetero) is 1. The summed E-state index contributed by atoms with van der Waals surface area (Å²) in [4.78, 5) is 34.2. The Morgan fingerprint density at radius 1 is 1.13 bits per heavy atom. The summed E-state index contributed by atoms with van der Waals surface area (Å²) >= 11 is 0. The number of H-pyrrole nitrogens is 1. The van der Waals surface area contributed by atoms with Gasteiger partial charge in [-0.3, -0.25) is 9.59 Å². The lowest BCUT2D eigenvalue weighted by atomic mass is 9.75. The van der Waals surface area contributed by atoms with Gasteiger partial charge in [0.2, 0.25) is 0 Å². The van der Waals surface area contributed by atoms with Gasteiger partial charge in [0.1, 0.15) is 5.82 Å². The molecule has 6 nitrogen and oxygen atoms in total. The molecule has 3 N–H and O–H groups in total. The first-order chi connectivity index (χ1) is 15.0. The molecule has 1 aromatic carbocycles. The monoisotopic (exact) mass is 412 g/mol. The summed E-state index contributed by atoms with van der Waals surface area (Å²) < 4.78 is 0. The number of para-hydroxylation sites is 1. The maximum absolute atomic E-state index is 13.5. The van der Waals surface area contributed by atoms with E-state index in [1.54, 1.807) is 12.3 Å². The van der Waals surface area contributed by atoms with E-state index < -0.39 is 5.92 Å². The van der Waals surface area contributed by atoms with Crippen LogP contribution in [0, 0.1) is 6.92 Å². The fourth-order valence-electron chi connectivity index (χ4n) is 4.65. The number of rotatable bonds is 3. The third kappa shape index (κ3) is 3.34. The van der Waals surface area contributed by atoms with Crippen molar-refractivity contribution in [3.8, 4) is 0 Å². The number of amides is 1. The molecule has 0 saturated heterocycles. The summed E-state index contributed by atoms with van der Waals surface area (Å²) in [7, 11) is 0. The van der Waals surface area contributed by atoms with E-state index in [1.807, 2.05) is 50.4 Å². The molecule has 6 heteroatoms. The molecule has 1 amide bonds. The van der Waals surface area contributed by atoms with Gasteiger partial charge in [-0.05, 0) is 49.9 Å². The molecule has 0 radical (unpaired) electrons. The van der Waals surface area contributed by atoms with Crippen LogP contribution in [-0.4, -0.2) is 21.7 Å². The molecule has 1 aliphatic heterocycles. The second-order valence-corrected chi connectivity index (χ2v) is 8.23. The number of anilines is 1. The highest BCUT2D eigenvalue weighted by Crippen LogP contribution is 2.44. The van der Waals surface area contributed by atoms with Crippen molar-refractivity contribution in [2.75, 3.05) is 5.32 Å². The SMILES string of the molecule is CC1=C(C(=O)Nc2ccc(C)cn2)C(c2c[nH]c3ccccc23)C2=C(CCCC2=O)N1. The van der Waals surface area contributed by atoms with Crippen molar-refractivity contribution in [3.63, 3.8) is 0 Å². The molecule has 31 heavy (non-hydrogen) atoms. The Morgan fingerprint density at radius 3 is 2.77 bits per heavy atom. The summed E-state index contributed by atoms with van der Waals surface area (Å²) in [6.45, 7) is 3.86. The second-order valence-electron chi connectivity index (χ2n) is 8.23. The molecule has 0 spiro atoms. The highest BCUT2D eigenvalue weighted by atomic mass is 16.2. The van der Waals surface area contributed by atoms with Crippen molar-refractivity contribution in [3.05, 3.63) is 82.5 Å². The number of aromatic amines is 1. The number of aryl methyl sites for hydroxylation is 1. The largest absolute Gasteiger partial charge is 0.362 e. The average Bonchev–Trinajstić information content (AvgIpc) is 3.18. The number of nitrogens with zero attached hydrogens (tertiary/aromatic N) is 1. The Kier molecular flexibility index (Phi) is 4.70. The Bertz CT molecular complexity index is 1260. The summed E-state index contributed by atoms with van der Waals surface area (Å²) in [5, 5.41) is 7.31. The first-order valence-electron chi connectivity index (χ1n) is 10.6. The molecular formula is C25H24N4O2. The van der Waals surface area contributed by atoms with Gasteiger partial charge in [0, 0.05) is 58.2 Å². The predicted molar refractivity (Wildman–Crippen MR) is 120 cm³/mol. The zero-order chi connectivity index (χ0) is 21.5. The highest BCUT2D eigenvalue weighted by Gasteiger charge is 2.39. The lowest BCUT2D eigenvalue weighted by Crippen LogP contribution is -2.35. The molecular weight excluding hydrogens is 388 g/mol. The van der Waals surface area contributed by atoms with Crippen LogP contribution in [0.15, 0.2) is 71.3 Å². The number of benzene rings is 1. The smallest absolute Gasteiger partial charge is 0.255 e. The molecule has 1 aliphatic carbocycles. The molecule has 0 bridgehead atoms. The normalized spacial score (nSPS) is 18.8. The van der Waals surface area contributed by atoms with Gasteiger partial charge in [-0.25, -0.2) is 4.98 Å². The molecule has 1 unspecified atom stereocenters. The Labute approximate surface area is 180 Å². The van der Waals surface area contributed by atoms with Crippen LogP contribution in [0.4, 0.5) is 5.82 Å². The van der Waals surface area contributed by atoms with Gasteiger partial charge in [0.15, 0.2) is 5.78 Å². The topological polar surface area (TPSA) is 86.9 Å². The van der Waals surface area contributed by atoms with Crippen LogP contribution in [0.5, 0.6) is 0 Å². The number of dihydropyridines is 1. The summed E-state index contributed by atoms with van der Waals surface area (Å²) in [5.41, 5.74) is 5.93. The number of carbonyl (C=O) groups excluding carboxylic acids is 2. The third-order valence-electron chi connectivity index (χ3n) is 6.11. The number of fused-ring (bicyclic) bond motifs is 1. The van der Waals surface area contributed by atoms with Crippen LogP contribution >= 0.6 is 0 Å². The lowest BCUT2D eigenvalue weighted by molar-refractivity contribution is -0.116. The Hall–Kier alpha value is -3.67. The fourth-order valence-corrected chi connectivity index (χ4v) is 4.65. The number of hydrogen-bond acceptors (Lipinski definition) is 4. The van der Waals surface area contributed by atoms with E-state index in [9.17, 15) is 9.59 Å². The maximum Gasteiger partial charge on any atom is 0.255 e. The van der Waals surface area contributed by atoms with Crippen LogP contribution < -0.4 is 10.6 Å². The Balaban J connectivity index is 1.63. The Morgan fingerprint density at radius 2 is 1.97 bits per heavy atom. The van der Waals surface area contributed by atoms with Crippen LogP contribution in [0.1, 0.15) is 43.2 Å². The van der Waals surface area contributed by atoms with Gasteiger partial charge in [0.05, 0.1) is 0 Å². The standard InChI is InChI=1S/C25H24N4O2/c1-14-10-11-21(27-12-14)29-25(31)22-15(2)28-19-8-5-9-20(30)24(19)23(22)17-13-26-18-7-4-3-6-16(17)18/h3-4,6-7,10-13,23,26,28H,5,8-9H2,1-2H3,(H,27,29,31). The van der Waals surface area contributed by atoms with Crippen LogP contribution in [-0.2, 0) is 9.59 Å². The molecule has 2 aromatic heterocycles. The predicted octanol–water partition coefficient (Wildman–Crippen LogP) is 4.48. The van der Waals surface area contributed by atoms with E-state index in [0.29, 0.717) is 23.4 Å². The molecule has 0 fully saturated rings. The van der Waals surface area contributed by atoms with E-state index >= 15 is 0 Å². The van der Waals surface area contributed by atoms with Crippen molar-refractivity contribution in [2.45, 2.75) is 39.0 Å². The number of hydrogen-bond donors (Lipinski definition) is 3. The first kappa shape index (κ1) is 19.3. The average molecular weight is 412 g/mol. The van der Waals surface area contributed by atoms with Gasteiger partial charge in [-0.2, -0.15) is 0 Å². The van der Waals surface area contributed by atoms with E-state index in [2.05, 4.69) is 20.6 Å². The number of allylic oxidation sites excluding steroid dienone is 3. The molecule has 1 atom stereocenters. The summed E-state index contributed by atoms with van der Waals surface area (Å²) in [5.74, 6) is -0.0779. The van der Waals surface area contributed by atoms with E-state index in [4.69, 9.17) is 0 Å². The maximum atomic E-state index is 13.5. The number of aromatic nitrogens is 2. The van der Waals surface area contributed by atoms with Crippen molar-refractivity contribution in [1.29, 1.82) is 0 Å². The number of carbonyl (C=O) groups is 2. The van der Waals surface area contributed by atoms with Crippen molar-refractivity contribution >= 4 is 28.4 Å². The summed E-state index contributed by atoms with van der Waals surface area (Å²) in [6.07, 6.45) is 5.79. The molecule has 5 rings (SSSR count). The lowest BCUT2D eigenvalue weighted by Gasteiger charge is -2.34.